The summed E-state index contributed by atoms with van der Waals surface area (Å²) in [6.45, 7) is 0. The smallest absolute Gasteiger partial charge is 0.137 e. The molecule has 6 nitrogen and oxygen atoms in total. The van der Waals surface area contributed by atoms with Crippen LogP contribution in [0.25, 0.3) is 109 Å². The highest BCUT2D eigenvalue weighted by Crippen LogP contribution is 2.45. The second-order valence-corrected chi connectivity index (χ2v) is 17.7. The lowest BCUT2D eigenvalue weighted by Crippen LogP contribution is -2.09. The van der Waals surface area contributed by atoms with Gasteiger partial charge in [0.15, 0.2) is 0 Å². The van der Waals surface area contributed by atoms with Crippen molar-refractivity contribution in [3.05, 3.63) is 218 Å². The summed E-state index contributed by atoms with van der Waals surface area (Å²) in [4.78, 5) is 4.56. The molecular weight excluding hydrogens is 837 g/mol. The fourth-order valence-corrected chi connectivity index (χ4v) is 10.6. The molecule has 0 spiro atoms. The molecule has 0 amide bonds. The van der Waals surface area contributed by atoms with Crippen LogP contribution in [0.1, 0.15) is 0 Å². The number of hydrogen-bond donors (Lipinski definition) is 0. The van der Waals surface area contributed by atoms with Crippen molar-refractivity contribution in [2.24, 2.45) is 0 Å². The predicted octanol–water partition coefficient (Wildman–Crippen LogP) is 18.5. The largest absolute Gasteiger partial charge is 0.456 e. The van der Waals surface area contributed by atoms with Gasteiger partial charge in [-0.3, -0.25) is 0 Å². The Bertz CT molecular complexity index is 4230. The zero-order chi connectivity index (χ0) is 44.5. The first-order chi connectivity index (χ1) is 33.6. The van der Waals surface area contributed by atoms with Gasteiger partial charge in [-0.05, 0) is 143 Å². The number of nitrogens with zero attached hydrogens (tertiary/aromatic N) is 2. The van der Waals surface area contributed by atoms with Crippen molar-refractivity contribution in [3.8, 4) is 0 Å². The van der Waals surface area contributed by atoms with E-state index in [4.69, 9.17) is 17.7 Å². The Hall–Kier alpha value is -9.26. The van der Waals surface area contributed by atoms with E-state index in [0.717, 1.165) is 143 Å². The van der Waals surface area contributed by atoms with Gasteiger partial charge in [-0.1, -0.05) is 84.9 Å². The topological polar surface area (TPSA) is 59.0 Å². The van der Waals surface area contributed by atoms with Gasteiger partial charge in [-0.15, -0.1) is 0 Å². The Morgan fingerprint density at radius 3 is 1.04 bits per heavy atom. The molecule has 0 N–H and O–H groups in total. The van der Waals surface area contributed by atoms with Gasteiger partial charge >= 0.3 is 0 Å². The van der Waals surface area contributed by atoms with Crippen LogP contribution in [-0.2, 0) is 0 Å². The number of benzene rings is 11. The summed E-state index contributed by atoms with van der Waals surface area (Å²) >= 11 is 0. The average molecular weight is 873 g/mol. The molecule has 11 aromatic carbocycles. The van der Waals surface area contributed by atoms with Gasteiger partial charge in [0, 0.05) is 89.3 Å². The highest BCUT2D eigenvalue weighted by Gasteiger charge is 2.21. The van der Waals surface area contributed by atoms with Crippen molar-refractivity contribution in [1.82, 2.24) is 0 Å². The summed E-state index contributed by atoms with van der Waals surface area (Å²) in [5.74, 6) is 0. The standard InChI is InChI=1S/C62H36N2O4/c1-3-11-41(12-4-1)63(45-23-25-49-47-15-7-9-17-53(47)65-59(49)35-45)43-21-19-37-31-51-57(33-39(37)29-43)67-55-27-28-56-62(61(51)55)52-32-38-20-22-44(30-40(38)34-58(52)68-56)64(42-13-5-2-6-14-42)46-24-26-50-48-16-8-10-18-54(48)66-60(50)36-46/h1-36H. The molecule has 0 radical (unpaired) electrons. The normalized spacial score (nSPS) is 12.1. The highest BCUT2D eigenvalue weighted by atomic mass is 16.3. The van der Waals surface area contributed by atoms with E-state index in [0.29, 0.717) is 0 Å². The van der Waals surface area contributed by atoms with Crippen LogP contribution in [0.5, 0.6) is 0 Å². The third-order valence-electron chi connectivity index (χ3n) is 13.7. The van der Waals surface area contributed by atoms with Gasteiger partial charge in [0.05, 0.1) is 0 Å². The third kappa shape index (κ3) is 5.58. The fourth-order valence-electron chi connectivity index (χ4n) is 10.6. The molecule has 0 saturated carbocycles. The molecule has 6 heteroatoms. The molecule has 4 heterocycles. The first kappa shape index (κ1) is 37.0. The van der Waals surface area contributed by atoms with E-state index in [-0.39, 0.29) is 0 Å². The molecule has 0 bridgehead atoms. The predicted molar refractivity (Wildman–Crippen MR) is 280 cm³/mol. The van der Waals surface area contributed by atoms with E-state index >= 15 is 0 Å². The van der Waals surface area contributed by atoms with Crippen LogP contribution in [0, 0.1) is 0 Å². The molecule has 0 aliphatic heterocycles. The van der Waals surface area contributed by atoms with E-state index < -0.39 is 0 Å². The molecule has 0 unspecified atom stereocenters. The quantitative estimate of drug-likeness (QED) is 0.166. The van der Waals surface area contributed by atoms with Crippen molar-refractivity contribution < 1.29 is 17.7 Å². The van der Waals surface area contributed by atoms with E-state index in [1.807, 2.05) is 48.5 Å². The summed E-state index contributed by atoms with van der Waals surface area (Å²) in [5.41, 5.74) is 13.0. The van der Waals surface area contributed by atoms with Crippen LogP contribution in [-0.4, -0.2) is 0 Å². The Kier molecular flexibility index (Phi) is 7.69. The Labute approximate surface area is 387 Å². The summed E-state index contributed by atoms with van der Waals surface area (Å²) < 4.78 is 26.1. The van der Waals surface area contributed by atoms with Gasteiger partial charge in [0.1, 0.15) is 44.7 Å². The third-order valence-corrected chi connectivity index (χ3v) is 13.7. The van der Waals surface area contributed by atoms with Crippen LogP contribution in [0.2, 0.25) is 0 Å². The molecule has 15 aromatic rings. The van der Waals surface area contributed by atoms with Crippen LogP contribution < -0.4 is 9.80 Å². The summed E-state index contributed by atoms with van der Waals surface area (Å²) in [6.07, 6.45) is 0. The van der Waals surface area contributed by atoms with Crippen LogP contribution >= 0.6 is 0 Å². The second-order valence-electron chi connectivity index (χ2n) is 17.7. The first-order valence-corrected chi connectivity index (χ1v) is 22.9. The minimum absolute atomic E-state index is 0.825. The number of hydrogen-bond acceptors (Lipinski definition) is 6. The van der Waals surface area contributed by atoms with Gasteiger partial charge in [-0.25, -0.2) is 0 Å². The Morgan fingerprint density at radius 1 is 0.206 bits per heavy atom. The second kappa shape index (κ2) is 14.1. The lowest BCUT2D eigenvalue weighted by Gasteiger charge is -2.25. The Morgan fingerprint density at radius 2 is 0.574 bits per heavy atom. The maximum atomic E-state index is 6.71. The minimum atomic E-state index is 0.825. The van der Waals surface area contributed by atoms with Gasteiger partial charge in [0.25, 0.3) is 0 Å². The van der Waals surface area contributed by atoms with E-state index in [1.165, 1.54) is 0 Å². The molecular formula is C62H36N2O4. The number of para-hydroxylation sites is 4. The highest BCUT2D eigenvalue weighted by molar-refractivity contribution is 6.28. The lowest BCUT2D eigenvalue weighted by atomic mass is 10.0. The molecule has 0 atom stereocenters. The SMILES string of the molecule is c1ccc(N(c2ccc3cc4c(cc3c2)oc2ccc3oc5cc6cc(N(c7ccccc7)c7ccc8c(c7)oc7ccccc78)ccc6cc5c3c24)c2ccc3c(c2)oc2ccccc23)cc1. The van der Waals surface area contributed by atoms with Crippen molar-refractivity contribution in [2.75, 3.05) is 9.80 Å². The molecule has 0 fully saturated rings. The fraction of sp³-hybridized carbons (Fsp3) is 0. The summed E-state index contributed by atoms with van der Waals surface area (Å²) in [6, 6.07) is 76.6. The summed E-state index contributed by atoms with van der Waals surface area (Å²) in [7, 11) is 0. The molecule has 0 aliphatic carbocycles. The summed E-state index contributed by atoms with van der Waals surface area (Å²) in [5, 5.41) is 13.1. The average Bonchev–Trinajstić information content (AvgIpc) is 4.15. The maximum absolute atomic E-state index is 6.71. The number of furan rings is 4. The van der Waals surface area contributed by atoms with Gasteiger partial charge in [0.2, 0.25) is 0 Å². The van der Waals surface area contributed by atoms with Crippen LogP contribution in [0.4, 0.5) is 34.1 Å². The maximum Gasteiger partial charge on any atom is 0.137 e. The number of fused-ring (bicyclic) bond motifs is 15. The van der Waals surface area contributed by atoms with Gasteiger partial charge in [-0.2, -0.15) is 0 Å². The van der Waals surface area contributed by atoms with Crippen molar-refractivity contribution >= 4 is 143 Å². The minimum Gasteiger partial charge on any atom is -0.456 e. The van der Waals surface area contributed by atoms with E-state index in [1.54, 1.807) is 0 Å². The monoisotopic (exact) mass is 872 g/mol. The molecule has 68 heavy (non-hydrogen) atoms. The van der Waals surface area contributed by atoms with Crippen LogP contribution in [0.15, 0.2) is 236 Å². The lowest BCUT2D eigenvalue weighted by molar-refractivity contribution is 0.663. The van der Waals surface area contributed by atoms with E-state index in [2.05, 4.69) is 180 Å². The number of rotatable bonds is 6. The molecule has 0 saturated heterocycles. The Balaban J connectivity index is 0.844. The first-order valence-electron chi connectivity index (χ1n) is 22.9. The molecule has 15 rings (SSSR count). The zero-order valence-electron chi connectivity index (χ0n) is 36.3. The number of anilines is 6. The van der Waals surface area contributed by atoms with E-state index in [9.17, 15) is 0 Å². The van der Waals surface area contributed by atoms with Crippen LogP contribution in [0.3, 0.4) is 0 Å². The molecule has 4 aromatic heterocycles. The van der Waals surface area contributed by atoms with Crippen molar-refractivity contribution in [3.63, 3.8) is 0 Å². The molecule has 318 valence electrons. The molecule has 0 aliphatic rings. The van der Waals surface area contributed by atoms with Crippen molar-refractivity contribution in [1.29, 1.82) is 0 Å². The zero-order valence-corrected chi connectivity index (χ0v) is 36.3. The van der Waals surface area contributed by atoms with Gasteiger partial charge < -0.3 is 27.5 Å². The van der Waals surface area contributed by atoms with Crippen molar-refractivity contribution in [2.45, 2.75) is 0 Å².